The quantitative estimate of drug-likeness (QED) is 0.896. The summed E-state index contributed by atoms with van der Waals surface area (Å²) in [5.41, 5.74) is 0.975. The molecule has 1 fully saturated rings. The molecule has 2 rings (SSSR count). The number of amides is 3. The molecule has 2 N–H and O–H groups in total. The molecular weight excluding hydrogens is 294 g/mol. The second-order valence-corrected chi connectivity index (χ2v) is 6.07. The SMILES string of the molecule is CC(C)NC(=O)NC1CCN(C(=O)OCc2ccccc2)CC1. The summed E-state index contributed by atoms with van der Waals surface area (Å²) in [6.45, 7) is 5.32. The normalized spacial score (nSPS) is 15.3. The number of carbonyl (C=O) groups is 2. The van der Waals surface area contributed by atoms with Crippen LogP contribution in [-0.4, -0.2) is 42.2 Å². The highest BCUT2D eigenvalue weighted by atomic mass is 16.6. The van der Waals surface area contributed by atoms with Gasteiger partial charge in [0.1, 0.15) is 6.61 Å². The van der Waals surface area contributed by atoms with Gasteiger partial charge in [0, 0.05) is 25.2 Å². The molecule has 1 heterocycles. The Labute approximate surface area is 137 Å². The summed E-state index contributed by atoms with van der Waals surface area (Å²) < 4.78 is 5.32. The first-order valence-electron chi connectivity index (χ1n) is 8.07. The smallest absolute Gasteiger partial charge is 0.410 e. The lowest BCUT2D eigenvalue weighted by atomic mass is 10.1. The maximum absolute atomic E-state index is 12.0. The lowest BCUT2D eigenvalue weighted by molar-refractivity contribution is 0.0859. The molecule has 0 radical (unpaired) electrons. The fraction of sp³-hybridized carbons (Fsp3) is 0.529. The Hall–Kier alpha value is -2.24. The minimum absolute atomic E-state index is 0.104. The highest BCUT2D eigenvalue weighted by molar-refractivity contribution is 5.74. The van der Waals surface area contributed by atoms with Gasteiger partial charge in [-0.2, -0.15) is 0 Å². The summed E-state index contributed by atoms with van der Waals surface area (Å²) in [6.07, 6.45) is 1.19. The van der Waals surface area contributed by atoms with Gasteiger partial charge in [0.2, 0.25) is 0 Å². The predicted molar refractivity (Wildman–Crippen MR) is 88.0 cm³/mol. The van der Waals surface area contributed by atoms with Gasteiger partial charge in [-0.1, -0.05) is 30.3 Å². The van der Waals surface area contributed by atoms with E-state index in [1.807, 2.05) is 44.2 Å². The number of piperidine rings is 1. The molecule has 1 aromatic carbocycles. The Bertz CT molecular complexity index is 511. The molecule has 23 heavy (non-hydrogen) atoms. The van der Waals surface area contributed by atoms with Crippen molar-refractivity contribution in [2.24, 2.45) is 0 Å². The van der Waals surface area contributed by atoms with Crippen molar-refractivity contribution in [3.8, 4) is 0 Å². The number of nitrogens with one attached hydrogen (secondary N) is 2. The van der Waals surface area contributed by atoms with Crippen LogP contribution in [0.1, 0.15) is 32.3 Å². The number of hydrogen-bond donors (Lipinski definition) is 2. The number of nitrogens with zero attached hydrogens (tertiary/aromatic N) is 1. The Balaban J connectivity index is 1.69. The van der Waals surface area contributed by atoms with E-state index in [-0.39, 0.29) is 30.8 Å². The topological polar surface area (TPSA) is 70.7 Å². The molecule has 1 saturated heterocycles. The molecule has 1 aromatic rings. The second-order valence-electron chi connectivity index (χ2n) is 6.07. The molecule has 1 aliphatic heterocycles. The van der Waals surface area contributed by atoms with E-state index in [2.05, 4.69) is 10.6 Å². The lowest BCUT2D eigenvalue weighted by Crippen LogP contribution is -2.50. The zero-order chi connectivity index (χ0) is 16.7. The van der Waals surface area contributed by atoms with Crippen LogP contribution >= 0.6 is 0 Å². The summed E-state index contributed by atoms with van der Waals surface area (Å²) in [7, 11) is 0. The summed E-state index contributed by atoms with van der Waals surface area (Å²) in [4.78, 5) is 25.4. The van der Waals surface area contributed by atoms with Crippen molar-refractivity contribution in [1.29, 1.82) is 0 Å². The third-order valence-corrected chi connectivity index (χ3v) is 3.71. The van der Waals surface area contributed by atoms with Gasteiger partial charge < -0.3 is 20.3 Å². The maximum Gasteiger partial charge on any atom is 0.410 e. The Morgan fingerprint density at radius 1 is 1.22 bits per heavy atom. The van der Waals surface area contributed by atoms with Crippen molar-refractivity contribution in [3.05, 3.63) is 35.9 Å². The van der Waals surface area contributed by atoms with Gasteiger partial charge in [0.25, 0.3) is 0 Å². The van der Waals surface area contributed by atoms with Crippen molar-refractivity contribution in [3.63, 3.8) is 0 Å². The molecule has 0 spiro atoms. The fourth-order valence-corrected chi connectivity index (χ4v) is 2.51. The van der Waals surface area contributed by atoms with Crippen molar-refractivity contribution < 1.29 is 14.3 Å². The molecule has 0 atom stereocenters. The van der Waals surface area contributed by atoms with Gasteiger partial charge in [-0.15, -0.1) is 0 Å². The molecule has 3 amide bonds. The van der Waals surface area contributed by atoms with Crippen LogP contribution in [0.25, 0.3) is 0 Å². The highest BCUT2D eigenvalue weighted by Gasteiger charge is 2.24. The summed E-state index contributed by atoms with van der Waals surface area (Å²) in [5, 5.41) is 5.75. The van der Waals surface area contributed by atoms with E-state index in [0.29, 0.717) is 13.1 Å². The Morgan fingerprint density at radius 3 is 2.48 bits per heavy atom. The molecular formula is C17H25N3O3. The fourth-order valence-electron chi connectivity index (χ4n) is 2.51. The zero-order valence-corrected chi connectivity index (χ0v) is 13.7. The van der Waals surface area contributed by atoms with Crippen LogP contribution in [0.15, 0.2) is 30.3 Å². The highest BCUT2D eigenvalue weighted by Crippen LogP contribution is 2.12. The predicted octanol–water partition coefficient (Wildman–Crippen LogP) is 2.50. The van der Waals surface area contributed by atoms with Crippen LogP contribution in [0.2, 0.25) is 0 Å². The van der Waals surface area contributed by atoms with Gasteiger partial charge in [-0.25, -0.2) is 9.59 Å². The summed E-state index contributed by atoms with van der Waals surface area (Å²) in [5.74, 6) is 0. The minimum atomic E-state index is -0.293. The first-order chi connectivity index (χ1) is 11.0. The standard InChI is InChI=1S/C17H25N3O3/c1-13(2)18-16(21)19-15-8-10-20(11-9-15)17(22)23-12-14-6-4-3-5-7-14/h3-7,13,15H,8-12H2,1-2H3,(H2,18,19,21). The molecule has 0 bridgehead atoms. The molecule has 0 unspecified atom stereocenters. The Kier molecular flexibility index (Phi) is 6.26. The average Bonchev–Trinajstić information content (AvgIpc) is 2.53. The molecule has 6 heteroatoms. The summed E-state index contributed by atoms with van der Waals surface area (Å²) >= 11 is 0. The first-order valence-corrected chi connectivity index (χ1v) is 8.07. The lowest BCUT2D eigenvalue weighted by Gasteiger charge is -2.31. The van der Waals surface area contributed by atoms with E-state index in [0.717, 1.165) is 18.4 Å². The van der Waals surface area contributed by atoms with Gasteiger partial charge in [-0.05, 0) is 32.3 Å². The number of urea groups is 1. The maximum atomic E-state index is 12.0. The van der Waals surface area contributed by atoms with Crippen LogP contribution in [-0.2, 0) is 11.3 Å². The number of benzene rings is 1. The van der Waals surface area contributed by atoms with Gasteiger partial charge in [0.05, 0.1) is 0 Å². The van der Waals surface area contributed by atoms with E-state index in [4.69, 9.17) is 4.74 Å². The third-order valence-electron chi connectivity index (χ3n) is 3.71. The van der Waals surface area contributed by atoms with Gasteiger partial charge in [-0.3, -0.25) is 0 Å². The average molecular weight is 319 g/mol. The van der Waals surface area contributed by atoms with Crippen LogP contribution in [0.4, 0.5) is 9.59 Å². The third kappa shape index (κ3) is 5.81. The van der Waals surface area contributed by atoms with Crippen LogP contribution in [0, 0.1) is 0 Å². The van der Waals surface area contributed by atoms with Crippen molar-refractivity contribution in [2.75, 3.05) is 13.1 Å². The van der Waals surface area contributed by atoms with Gasteiger partial charge in [0.15, 0.2) is 0 Å². The minimum Gasteiger partial charge on any atom is -0.445 e. The molecule has 6 nitrogen and oxygen atoms in total. The Morgan fingerprint density at radius 2 is 1.87 bits per heavy atom. The van der Waals surface area contributed by atoms with E-state index >= 15 is 0 Å². The van der Waals surface area contributed by atoms with Crippen molar-refractivity contribution in [2.45, 2.75) is 45.4 Å². The van der Waals surface area contributed by atoms with Crippen LogP contribution < -0.4 is 10.6 Å². The molecule has 0 aliphatic carbocycles. The van der Waals surface area contributed by atoms with Gasteiger partial charge >= 0.3 is 12.1 Å². The van der Waals surface area contributed by atoms with Crippen LogP contribution in [0.5, 0.6) is 0 Å². The monoisotopic (exact) mass is 319 g/mol. The number of likely N-dealkylation sites (tertiary alicyclic amines) is 1. The summed E-state index contributed by atoms with van der Waals surface area (Å²) in [6, 6.07) is 9.69. The van der Waals surface area contributed by atoms with E-state index in [1.165, 1.54) is 0 Å². The molecule has 0 saturated carbocycles. The molecule has 0 aromatic heterocycles. The molecule has 126 valence electrons. The van der Waals surface area contributed by atoms with E-state index in [9.17, 15) is 9.59 Å². The number of carbonyl (C=O) groups excluding carboxylic acids is 2. The van der Waals surface area contributed by atoms with E-state index in [1.54, 1.807) is 4.90 Å². The van der Waals surface area contributed by atoms with Crippen LogP contribution in [0.3, 0.4) is 0 Å². The second kappa shape index (κ2) is 8.41. The van der Waals surface area contributed by atoms with Crippen molar-refractivity contribution >= 4 is 12.1 Å². The number of rotatable bonds is 4. The largest absolute Gasteiger partial charge is 0.445 e. The zero-order valence-electron chi connectivity index (χ0n) is 13.7. The number of ether oxygens (including phenoxy) is 1. The first kappa shape index (κ1) is 17.1. The van der Waals surface area contributed by atoms with Crippen molar-refractivity contribution in [1.82, 2.24) is 15.5 Å². The van der Waals surface area contributed by atoms with E-state index < -0.39 is 0 Å². The molecule has 1 aliphatic rings. The number of hydrogen-bond acceptors (Lipinski definition) is 3.